The number of nitrogens with zero attached hydrogens (tertiary/aromatic N) is 1. The van der Waals surface area contributed by atoms with Gasteiger partial charge in [-0.2, -0.15) is 0 Å². The van der Waals surface area contributed by atoms with Crippen LogP contribution in [0.1, 0.15) is 0 Å². The zero-order valence-electron chi connectivity index (χ0n) is 12.8. The van der Waals surface area contributed by atoms with E-state index in [1.54, 1.807) is 0 Å². The third-order valence-corrected chi connectivity index (χ3v) is 2.26. The van der Waals surface area contributed by atoms with Crippen LogP contribution in [0.4, 0.5) is 0 Å². The monoisotopic (exact) mass is 291 g/mol. The normalized spacial score (nSPS) is 10.9. The molecule has 0 aliphatic carbocycles. The van der Waals surface area contributed by atoms with Gasteiger partial charge >= 0.3 is 0 Å². The number of hydrogen-bond acceptors (Lipinski definition) is 6. The van der Waals surface area contributed by atoms with E-state index < -0.39 is 0 Å². The fourth-order valence-corrected chi connectivity index (χ4v) is 1.20. The Kier molecular flexibility index (Phi) is 15.9. The van der Waals surface area contributed by atoms with Crippen molar-refractivity contribution in [3.63, 3.8) is 0 Å². The molecule has 0 aromatic carbocycles. The molecule has 0 rings (SSSR count). The van der Waals surface area contributed by atoms with Gasteiger partial charge in [-0.15, -0.1) is 0 Å². The maximum absolute atomic E-state index is 5.39. The summed E-state index contributed by atoms with van der Waals surface area (Å²) in [6.07, 6.45) is 1.40. The van der Waals surface area contributed by atoms with Gasteiger partial charge in [0.25, 0.3) is 0 Å². The highest BCUT2D eigenvalue weighted by molar-refractivity contribution is 4.47. The van der Waals surface area contributed by atoms with Crippen molar-refractivity contribution in [1.82, 2.24) is 4.90 Å². The molecule has 0 aliphatic rings. The lowest BCUT2D eigenvalue weighted by molar-refractivity contribution is -0.00700. The first kappa shape index (κ1) is 19.3. The lowest BCUT2D eigenvalue weighted by Crippen LogP contribution is -2.19. The van der Waals surface area contributed by atoms with Gasteiger partial charge in [0.05, 0.1) is 59.1 Å². The molecule has 0 bridgehead atoms. The summed E-state index contributed by atoms with van der Waals surface area (Å²) in [7, 11) is 4.04. The van der Waals surface area contributed by atoms with Crippen molar-refractivity contribution in [3.8, 4) is 0 Å². The van der Waals surface area contributed by atoms with Crippen molar-refractivity contribution in [1.29, 1.82) is 0 Å². The molecule has 0 unspecified atom stereocenters. The van der Waals surface area contributed by atoms with Crippen LogP contribution in [-0.2, 0) is 23.7 Å². The number of hydrogen-bond donors (Lipinski definition) is 0. The number of ether oxygens (including phenoxy) is 5. The minimum absolute atomic E-state index is 0.528. The van der Waals surface area contributed by atoms with Crippen molar-refractivity contribution < 1.29 is 23.7 Å². The SMILES string of the molecule is C=COCCOCCOCCOCCOCCN(C)C. The van der Waals surface area contributed by atoms with Gasteiger partial charge in [0.2, 0.25) is 0 Å². The molecule has 6 nitrogen and oxygen atoms in total. The lowest BCUT2D eigenvalue weighted by atomic mass is 10.6. The summed E-state index contributed by atoms with van der Waals surface area (Å²) in [6, 6.07) is 0. The van der Waals surface area contributed by atoms with E-state index in [-0.39, 0.29) is 0 Å². The average molecular weight is 291 g/mol. The average Bonchev–Trinajstić information content (AvgIpc) is 2.43. The number of rotatable bonds is 16. The van der Waals surface area contributed by atoms with E-state index in [0.29, 0.717) is 52.9 Å². The summed E-state index contributed by atoms with van der Waals surface area (Å²) in [5, 5.41) is 0. The minimum Gasteiger partial charge on any atom is -0.499 e. The van der Waals surface area contributed by atoms with E-state index in [1.165, 1.54) is 6.26 Å². The van der Waals surface area contributed by atoms with E-state index >= 15 is 0 Å². The van der Waals surface area contributed by atoms with Crippen LogP contribution in [0.2, 0.25) is 0 Å². The molecule has 0 radical (unpaired) electrons. The maximum Gasteiger partial charge on any atom is 0.111 e. The molecule has 0 saturated heterocycles. The standard InChI is InChI=1S/C14H29NO5/c1-4-16-7-8-18-11-12-20-14-13-19-10-9-17-6-5-15(2)3/h4H,1,5-14H2,2-3H3. The van der Waals surface area contributed by atoms with Gasteiger partial charge in [-0.1, -0.05) is 6.58 Å². The predicted molar refractivity (Wildman–Crippen MR) is 78.0 cm³/mol. The lowest BCUT2D eigenvalue weighted by Gasteiger charge is -2.10. The summed E-state index contributed by atoms with van der Waals surface area (Å²) in [5.74, 6) is 0. The molecule has 0 N–H and O–H groups in total. The highest BCUT2D eigenvalue weighted by atomic mass is 16.6. The van der Waals surface area contributed by atoms with Crippen molar-refractivity contribution in [2.24, 2.45) is 0 Å². The summed E-state index contributed by atoms with van der Waals surface area (Å²) in [6.45, 7) is 9.70. The molecule has 120 valence electrons. The molecule has 0 fully saturated rings. The van der Waals surface area contributed by atoms with Gasteiger partial charge in [-0.3, -0.25) is 0 Å². The van der Waals surface area contributed by atoms with Gasteiger partial charge in [-0.05, 0) is 14.1 Å². The van der Waals surface area contributed by atoms with E-state index in [0.717, 1.165) is 13.2 Å². The summed E-state index contributed by atoms with van der Waals surface area (Å²) in [5.41, 5.74) is 0. The Hall–Kier alpha value is -0.660. The second-order valence-electron chi connectivity index (χ2n) is 4.29. The second-order valence-corrected chi connectivity index (χ2v) is 4.29. The van der Waals surface area contributed by atoms with E-state index in [4.69, 9.17) is 23.7 Å². The Morgan fingerprint density at radius 2 is 1.10 bits per heavy atom. The molecule has 0 spiro atoms. The van der Waals surface area contributed by atoms with Crippen LogP contribution >= 0.6 is 0 Å². The molecule has 6 heteroatoms. The highest BCUT2D eigenvalue weighted by Crippen LogP contribution is 1.84. The summed E-state index contributed by atoms with van der Waals surface area (Å²) >= 11 is 0. The Balaban J connectivity index is 2.94. The third-order valence-electron chi connectivity index (χ3n) is 2.26. The van der Waals surface area contributed by atoms with Crippen molar-refractivity contribution in [2.75, 3.05) is 80.1 Å². The molecule has 0 aromatic heterocycles. The fraction of sp³-hybridized carbons (Fsp3) is 0.857. The molecular weight excluding hydrogens is 262 g/mol. The van der Waals surface area contributed by atoms with E-state index in [2.05, 4.69) is 11.5 Å². The largest absolute Gasteiger partial charge is 0.499 e. The van der Waals surface area contributed by atoms with Crippen molar-refractivity contribution in [3.05, 3.63) is 12.8 Å². The molecule has 0 amide bonds. The molecule has 0 saturated carbocycles. The molecule has 0 atom stereocenters. The van der Waals surface area contributed by atoms with E-state index in [9.17, 15) is 0 Å². The first-order chi connectivity index (χ1) is 9.77. The second kappa shape index (κ2) is 16.4. The zero-order chi connectivity index (χ0) is 14.9. The number of likely N-dealkylation sites (N-methyl/N-ethyl adjacent to an activating group) is 1. The van der Waals surface area contributed by atoms with Crippen LogP contribution in [0.25, 0.3) is 0 Å². The van der Waals surface area contributed by atoms with E-state index in [1.807, 2.05) is 14.1 Å². The van der Waals surface area contributed by atoms with Crippen LogP contribution < -0.4 is 0 Å². The zero-order valence-corrected chi connectivity index (χ0v) is 12.8. The predicted octanol–water partition coefficient (Wildman–Crippen LogP) is 0.775. The van der Waals surface area contributed by atoms with Crippen LogP contribution in [0.3, 0.4) is 0 Å². The quantitative estimate of drug-likeness (QED) is 0.309. The van der Waals surface area contributed by atoms with Gasteiger partial charge in [-0.25, -0.2) is 0 Å². The van der Waals surface area contributed by atoms with Crippen LogP contribution in [-0.4, -0.2) is 85.0 Å². The Labute approximate surface area is 122 Å². The van der Waals surface area contributed by atoms with Crippen molar-refractivity contribution >= 4 is 0 Å². The molecular formula is C14H29NO5. The van der Waals surface area contributed by atoms with Crippen LogP contribution in [0, 0.1) is 0 Å². The first-order valence-corrected chi connectivity index (χ1v) is 6.95. The molecule has 20 heavy (non-hydrogen) atoms. The van der Waals surface area contributed by atoms with Crippen LogP contribution in [0.5, 0.6) is 0 Å². The first-order valence-electron chi connectivity index (χ1n) is 6.95. The van der Waals surface area contributed by atoms with Gasteiger partial charge < -0.3 is 28.6 Å². The summed E-state index contributed by atoms with van der Waals surface area (Å²) < 4.78 is 26.3. The van der Waals surface area contributed by atoms with Crippen molar-refractivity contribution in [2.45, 2.75) is 0 Å². The van der Waals surface area contributed by atoms with Crippen LogP contribution in [0.15, 0.2) is 12.8 Å². The summed E-state index contributed by atoms with van der Waals surface area (Å²) in [4.78, 5) is 2.08. The Bertz CT molecular complexity index is 202. The smallest absolute Gasteiger partial charge is 0.111 e. The molecule has 0 aliphatic heterocycles. The molecule has 0 heterocycles. The highest BCUT2D eigenvalue weighted by Gasteiger charge is 1.93. The Morgan fingerprint density at radius 3 is 1.50 bits per heavy atom. The Morgan fingerprint density at radius 1 is 0.700 bits per heavy atom. The molecule has 0 aromatic rings. The van der Waals surface area contributed by atoms with Gasteiger partial charge in [0.1, 0.15) is 6.61 Å². The van der Waals surface area contributed by atoms with Gasteiger partial charge in [0.15, 0.2) is 0 Å². The maximum atomic E-state index is 5.39. The third kappa shape index (κ3) is 17.3. The minimum atomic E-state index is 0.528. The fourth-order valence-electron chi connectivity index (χ4n) is 1.20. The van der Waals surface area contributed by atoms with Gasteiger partial charge in [0, 0.05) is 6.54 Å². The topological polar surface area (TPSA) is 49.4 Å².